The number of rotatable bonds is 11. The molecule has 22 aliphatic rings. The van der Waals surface area contributed by atoms with Crippen molar-refractivity contribution in [2.45, 2.75) is 191 Å². The zero-order chi connectivity index (χ0) is 52.3. The molecule has 22 aliphatic heterocycles. The summed E-state index contributed by atoms with van der Waals surface area (Å²) in [5, 5.41) is 177. The Morgan fingerprint density at radius 3 is 0.833 bits per heavy atom. The first kappa shape index (κ1) is 57.9. The van der Waals surface area contributed by atoms with Crippen LogP contribution in [0.5, 0.6) is 0 Å². The number of carbonyl (C=O) groups excluding carboxylic acids is 1. The smallest absolute Gasteiger partial charge is 0.187 e. The van der Waals surface area contributed by atoms with Gasteiger partial charge in [0.2, 0.25) is 0 Å². The highest BCUT2D eigenvalue weighted by Gasteiger charge is 2.59. The maximum Gasteiger partial charge on any atom is 0.187 e. The molecule has 31 heteroatoms. The van der Waals surface area contributed by atoms with Gasteiger partial charge < -0.3 is 148 Å². The lowest BCUT2D eigenvalue weighted by atomic mass is 9.94. The number of ether oxygens (including phenoxy) is 14. The summed E-state index contributed by atoms with van der Waals surface area (Å²) >= 11 is 0. The van der Waals surface area contributed by atoms with Crippen LogP contribution < -0.4 is 0 Å². The van der Waals surface area contributed by atoms with Crippen LogP contribution in [0.3, 0.4) is 0 Å². The molecule has 22 heterocycles. The zero-order valence-electron chi connectivity index (χ0n) is 38.3. The number of hydrogen-bond acceptors (Lipinski definition) is 31. The first-order valence-corrected chi connectivity index (χ1v) is 23.2. The Hall–Kier alpha value is -1.75. The first-order valence-electron chi connectivity index (χ1n) is 23.2. The predicted octanol–water partition coefficient (Wildman–Crippen LogP) is -11.6. The fourth-order valence-corrected chi connectivity index (χ4v) is 9.67. The lowest BCUT2D eigenvalue weighted by Gasteiger charge is -2.51. The van der Waals surface area contributed by atoms with E-state index in [2.05, 4.69) is 0 Å². The Morgan fingerprint density at radius 1 is 0.347 bits per heavy atom. The van der Waals surface area contributed by atoms with Gasteiger partial charge in [-0.15, -0.1) is 0 Å². The van der Waals surface area contributed by atoms with Crippen LogP contribution >= 0.6 is 0 Å². The van der Waals surface area contributed by atoms with Crippen molar-refractivity contribution in [1.82, 2.24) is 0 Å². The molecule has 22 fully saturated rings. The van der Waals surface area contributed by atoms with Gasteiger partial charge in [-0.2, -0.15) is 0 Å². The molecule has 0 radical (unpaired) electrons. The molecular formula is C41H66O31. The highest BCUT2D eigenvalue weighted by atomic mass is 16.8. The molecule has 0 spiro atoms. The van der Waals surface area contributed by atoms with Gasteiger partial charge in [-0.25, -0.2) is 4.79 Å². The highest BCUT2D eigenvalue weighted by molar-refractivity contribution is 5.44. The lowest BCUT2D eigenvalue weighted by Crippen LogP contribution is -2.69. The second-order valence-electron chi connectivity index (χ2n) is 17.9. The van der Waals surface area contributed by atoms with Crippen molar-refractivity contribution in [2.24, 2.45) is 0 Å². The Balaban J connectivity index is 1.24. The average molecular weight is 1050 g/mol. The predicted molar refractivity (Wildman–Crippen MR) is 219 cm³/mol. The zero-order valence-corrected chi connectivity index (χ0v) is 38.3. The summed E-state index contributed by atoms with van der Waals surface area (Å²) in [4.78, 5) is 11.2. The number of aliphatic hydroxyl groups excluding tert-OH is 16. The Morgan fingerprint density at radius 2 is 0.583 bits per heavy atom. The van der Waals surface area contributed by atoms with Crippen LogP contribution in [-0.2, 0) is 71.1 Å². The van der Waals surface area contributed by atoms with E-state index in [1.54, 1.807) is 0 Å². The third-order valence-electron chi connectivity index (χ3n) is 13.4. The van der Waals surface area contributed by atoms with Gasteiger partial charge in [0.05, 0.1) is 46.2 Å². The Bertz CT molecular complexity index is 1710. The van der Waals surface area contributed by atoms with Crippen LogP contribution in [0, 0.1) is 0 Å². The fraction of sp³-hybridized carbons (Fsp3) is 0.951. The molecule has 0 amide bonds. The van der Waals surface area contributed by atoms with E-state index in [-0.39, 0.29) is 6.61 Å². The topological polar surface area (TPSA) is 470 Å². The molecule has 16 N–H and O–H groups in total. The third kappa shape index (κ3) is 11.7. The van der Waals surface area contributed by atoms with Gasteiger partial charge in [0, 0.05) is 12.7 Å². The SMILES string of the molecule is CCO[C@@H]1[C@@H](O)[C@H]2O[C@H]3[C@H](O)[C@@H](O)[C@@H](O[C@H]4[C@H](O)[C@@H](O)[C@@H](O[C@H]5[C@H](O)[C@@H](O)[C@@H](O[C@H]6[C@H](O)[C@@H](O)[C@@H](O[C@@H]7[C@H](OCC=C=O)[C@@H](O)[C@@H](O[C@H]1[C@@H](CO)O2)O[C@@H]7CO)O[C@@H]6CO)O[C@@H]5CO)O[C@@H]4CO)O[C@@H]3CO. The molecule has 0 saturated carbocycles. The van der Waals surface area contributed by atoms with E-state index in [0.29, 0.717) is 0 Å². The van der Waals surface area contributed by atoms with Crippen LogP contribution in [0.15, 0.2) is 6.08 Å². The number of aliphatic hydroxyl groups is 16. The minimum atomic E-state index is -2.16. The molecule has 12 bridgehead atoms. The molecule has 0 aromatic rings. The van der Waals surface area contributed by atoms with Gasteiger partial charge in [0.25, 0.3) is 0 Å². The van der Waals surface area contributed by atoms with E-state index in [4.69, 9.17) is 66.3 Å². The van der Waals surface area contributed by atoms with E-state index in [9.17, 15) is 86.5 Å². The van der Waals surface area contributed by atoms with Gasteiger partial charge in [-0.05, 0) is 6.92 Å². The molecule has 22 rings (SSSR count). The molecule has 0 aliphatic carbocycles. The van der Waals surface area contributed by atoms with Crippen molar-refractivity contribution in [1.29, 1.82) is 0 Å². The van der Waals surface area contributed by atoms with Crippen molar-refractivity contribution in [3.63, 3.8) is 0 Å². The molecule has 22 saturated heterocycles. The van der Waals surface area contributed by atoms with Crippen LogP contribution in [0.1, 0.15) is 6.92 Å². The van der Waals surface area contributed by atoms with Gasteiger partial charge in [0.1, 0.15) is 152 Å². The molecule has 31 nitrogen and oxygen atoms in total. The highest BCUT2D eigenvalue weighted by Crippen LogP contribution is 2.39. The Labute approximate surface area is 408 Å². The van der Waals surface area contributed by atoms with E-state index < -0.39 is 230 Å². The van der Waals surface area contributed by atoms with Crippen molar-refractivity contribution >= 4 is 5.94 Å². The second-order valence-corrected chi connectivity index (χ2v) is 17.9. The fourth-order valence-electron chi connectivity index (χ4n) is 9.67. The minimum absolute atomic E-state index is 0.144. The van der Waals surface area contributed by atoms with Crippen molar-refractivity contribution < 1.29 is 153 Å². The molecule has 416 valence electrons. The molecule has 0 unspecified atom stereocenters. The van der Waals surface area contributed by atoms with E-state index in [1.807, 2.05) is 0 Å². The minimum Gasteiger partial charge on any atom is -0.394 e. The molecule has 72 heavy (non-hydrogen) atoms. The lowest BCUT2D eigenvalue weighted by molar-refractivity contribution is -0.405. The molecule has 30 atom stereocenters. The van der Waals surface area contributed by atoms with Gasteiger partial charge >= 0.3 is 0 Å². The summed E-state index contributed by atoms with van der Waals surface area (Å²) in [5.74, 6) is 1.48. The summed E-state index contributed by atoms with van der Waals surface area (Å²) in [6, 6.07) is 0. The Kier molecular flexibility index (Phi) is 20.6. The third-order valence-corrected chi connectivity index (χ3v) is 13.4. The summed E-state index contributed by atoms with van der Waals surface area (Å²) in [6.07, 6.45) is -55.5. The van der Waals surface area contributed by atoms with Gasteiger partial charge in [-0.3, -0.25) is 0 Å². The monoisotopic (exact) mass is 1050 g/mol. The molecule has 0 aromatic heterocycles. The van der Waals surface area contributed by atoms with Crippen LogP contribution in [0.2, 0.25) is 0 Å². The summed E-state index contributed by atoms with van der Waals surface area (Å²) < 4.78 is 81.5. The quantitative estimate of drug-likeness (QED) is 0.0855. The van der Waals surface area contributed by atoms with Crippen LogP contribution in [0.25, 0.3) is 0 Å². The van der Waals surface area contributed by atoms with E-state index >= 15 is 0 Å². The maximum absolute atomic E-state index is 11.8. The van der Waals surface area contributed by atoms with Crippen LogP contribution in [0.4, 0.5) is 0 Å². The van der Waals surface area contributed by atoms with Crippen molar-refractivity contribution in [3.05, 3.63) is 6.08 Å². The van der Waals surface area contributed by atoms with E-state index in [1.165, 1.54) is 12.9 Å². The average Bonchev–Trinajstić information content (AvgIpc) is 3.37. The summed E-state index contributed by atoms with van der Waals surface area (Å²) in [7, 11) is 0. The largest absolute Gasteiger partial charge is 0.394 e. The first-order chi connectivity index (χ1) is 34.5. The van der Waals surface area contributed by atoms with Crippen molar-refractivity contribution in [3.8, 4) is 0 Å². The van der Waals surface area contributed by atoms with Gasteiger partial charge in [0.15, 0.2) is 37.7 Å². The second kappa shape index (κ2) is 25.6. The normalized spacial score (nSPS) is 51.6. The van der Waals surface area contributed by atoms with Crippen molar-refractivity contribution in [2.75, 3.05) is 52.9 Å². The van der Waals surface area contributed by atoms with E-state index in [0.717, 1.165) is 6.08 Å². The van der Waals surface area contributed by atoms with Gasteiger partial charge in [-0.1, -0.05) is 0 Å². The van der Waals surface area contributed by atoms with Crippen LogP contribution in [-0.4, -0.2) is 325 Å². The molecule has 0 aromatic carbocycles. The molecular weight excluding hydrogens is 988 g/mol. The number of hydrogen-bond donors (Lipinski definition) is 16. The maximum atomic E-state index is 11.8. The summed E-state index contributed by atoms with van der Waals surface area (Å²) in [6.45, 7) is -5.04. The summed E-state index contributed by atoms with van der Waals surface area (Å²) in [5.41, 5.74) is 0. The standard InChI is InChI=1S/C41H66O31/c1-2-59-34-26(57)40-65-16(10-47)32(34)72-41-27(58)35(60-5-3-4-42)33(17(11-48)66-41)71-39-25(56)21(52)30(14(8-45)64-39)69-37-23(54)19(50)28(12(6-43)62-37)67-36-22(53)18(49)29(13(7-44)61-36)68-38-24(55)20(51)31(70-40)15(9-46)63-38/h3,12-41,43-58H,2,5-11H2,1H3/t12-,13-,14-,15-,16-,17-,18-,19-,20-,21-,22-,23-,24-,25-,26-,27-,28-,29-,30-,31-,32+,33+,34-,35-,36-,37-,38-,39-,40-,41-/m1/s1.